The Morgan fingerprint density at radius 3 is 2.56 bits per heavy atom. The van der Waals surface area contributed by atoms with E-state index < -0.39 is 0 Å². The third kappa shape index (κ3) is 6.45. The molecule has 0 aliphatic carbocycles. The van der Waals surface area contributed by atoms with Crippen LogP contribution in [0, 0.1) is 12.7 Å². The van der Waals surface area contributed by atoms with Gasteiger partial charge in [0.2, 0.25) is 5.91 Å². The Balaban J connectivity index is 1.42. The van der Waals surface area contributed by atoms with Crippen molar-refractivity contribution in [3.63, 3.8) is 0 Å². The van der Waals surface area contributed by atoms with Gasteiger partial charge in [-0.25, -0.2) is 9.37 Å². The fourth-order valence-corrected chi connectivity index (χ4v) is 4.99. The second-order valence-electron chi connectivity index (χ2n) is 7.48. The van der Waals surface area contributed by atoms with Gasteiger partial charge in [0, 0.05) is 30.6 Å². The topological polar surface area (TPSA) is 72.7 Å². The van der Waals surface area contributed by atoms with Gasteiger partial charge >= 0.3 is 0 Å². The molecule has 174 valence electrons. The molecule has 2 aromatic carbocycles. The Morgan fingerprint density at radius 1 is 1.00 bits per heavy atom. The number of carbonyl (C=O) groups is 1. The van der Waals surface area contributed by atoms with Crippen LogP contribution in [0.4, 0.5) is 4.39 Å². The van der Waals surface area contributed by atoms with E-state index in [9.17, 15) is 9.18 Å². The number of halogens is 1. The number of benzene rings is 2. The van der Waals surface area contributed by atoms with E-state index >= 15 is 0 Å². The van der Waals surface area contributed by atoms with Gasteiger partial charge in [0.25, 0.3) is 0 Å². The lowest BCUT2D eigenvalue weighted by atomic mass is 10.1. The molecule has 0 saturated heterocycles. The predicted molar refractivity (Wildman–Crippen MR) is 134 cm³/mol. The maximum atomic E-state index is 13.5. The number of rotatable bonds is 10. The van der Waals surface area contributed by atoms with E-state index in [4.69, 9.17) is 0 Å². The minimum Gasteiger partial charge on any atom is -0.355 e. The summed E-state index contributed by atoms with van der Waals surface area (Å²) in [7, 11) is 0. The van der Waals surface area contributed by atoms with Crippen LogP contribution in [-0.2, 0) is 17.0 Å². The molecule has 0 fully saturated rings. The molecule has 0 unspecified atom stereocenters. The molecule has 4 rings (SSSR count). The van der Waals surface area contributed by atoms with Crippen LogP contribution in [0.25, 0.3) is 5.69 Å². The number of hydrogen-bond acceptors (Lipinski definition) is 6. The first-order valence-corrected chi connectivity index (χ1v) is 12.8. The molecular formula is C25H24FN5OS2. The zero-order chi connectivity index (χ0) is 23.8. The number of aryl methyl sites for hydroxylation is 1. The van der Waals surface area contributed by atoms with Crippen molar-refractivity contribution in [2.45, 2.75) is 29.3 Å². The average Bonchev–Trinajstić information content (AvgIpc) is 3.26. The van der Waals surface area contributed by atoms with Gasteiger partial charge in [-0.15, -0.1) is 10.2 Å². The summed E-state index contributed by atoms with van der Waals surface area (Å²) < 4.78 is 15.5. The summed E-state index contributed by atoms with van der Waals surface area (Å²) in [5.41, 5.74) is 3.22. The van der Waals surface area contributed by atoms with E-state index in [0.717, 1.165) is 21.6 Å². The predicted octanol–water partition coefficient (Wildman–Crippen LogP) is 4.85. The highest BCUT2D eigenvalue weighted by atomic mass is 32.2. The molecule has 0 atom stereocenters. The van der Waals surface area contributed by atoms with Crippen LogP contribution >= 0.6 is 23.5 Å². The molecular weight excluding hydrogens is 469 g/mol. The van der Waals surface area contributed by atoms with E-state index in [-0.39, 0.29) is 11.7 Å². The van der Waals surface area contributed by atoms with Crippen LogP contribution in [0.3, 0.4) is 0 Å². The molecule has 4 aromatic rings. The average molecular weight is 494 g/mol. The van der Waals surface area contributed by atoms with Crippen molar-refractivity contribution in [3.05, 3.63) is 95.7 Å². The zero-order valence-corrected chi connectivity index (χ0v) is 20.3. The number of nitrogens with zero attached hydrogens (tertiary/aromatic N) is 4. The number of hydrogen-bond donors (Lipinski definition) is 1. The smallest absolute Gasteiger partial charge is 0.230 e. The monoisotopic (exact) mass is 493 g/mol. The molecule has 2 heterocycles. The molecule has 9 heteroatoms. The van der Waals surface area contributed by atoms with Crippen molar-refractivity contribution in [2.24, 2.45) is 0 Å². The number of aromatic nitrogens is 4. The van der Waals surface area contributed by atoms with Gasteiger partial charge in [-0.05, 0) is 54.4 Å². The summed E-state index contributed by atoms with van der Waals surface area (Å²) in [5, 5.41) is 13.2. The SMILES string of the molecule is Cc1ccccc1CSc1nnc(CCNC(=O)CSc2ccccn2)n1-c1ccc(F)cc1. The molecule has 1 amide bonds. The Kier molecular flexibility index (Phi) is 8.32. The van der Waals surface area contributed by atoms with Gasteiger partial charge < -0.3 is 5.32 Å². The number of nitrogens with one attached hydrogen (secondary N) is 1. The Hall–Kier alpha value is -3.17. The molecule has 34 heavy (non-hydrogen) atoms. The normalized spacial score (nSPS) is 10.9. The van der Waals surface area contributed by atoms with Gasteiger partial charge in [-0.2, -0.15) is 0 Å². The summed E-state index contributed by atoms with van der Waals surface area (Å²) in [4.78, 5) is 16.5. The lowest BCUT2D eigenvalue weighted by Gasteiger charge is -2.11. The van der Waals surface area contributed by atoms with E-state index in [1.54, 1.807) is 30.1 Å². The standard InChI is InChI=1S/C25H24FN5OS2/c1-18-6-2-3-7-19(18)16-34-25-30-29-22(31(25)21-11-9-20(26)10-12-21)13-15-27-23(32)17-33-24-8-4-5-14-28-24/h2-12,14H,13,15-17H2,1H3,(H,27,32). The first-order chi connectivity index (χ1) is 16.6. The van der Waals surface area contributed by atoms with Crippen molar-refractivity contribution in [2.75, 3.05) is 12.3 Å². The highest BCUT2D eigenvalue weighted by Crippen LogP contribution is 2.26. The molecule has 1 N–H and O–H groups in total. The fraction of sp³-hybridized carbons (Fsp3) is 0.200. The molecule has 2 aromatic heterocycles. The first-order valence-electron chi connectivity index (χ1n) is 10.8. The van der Waals surface area contributed by atoms with Gasteiger partial charge in [-0.1, -0.05) is 53.9 Å². The van der Waals surface area contributed by atoms with Gasteiger partial charge in [0.15, 0.2) is 5.16 Å². The molecule has 0 aliphatic heterocycles. The fourth-order valence-electron chi connectivity index (χ4n) is 3.26. The van der Waals surface area contributed by atoms with E-state index in [2.05, 4.69) is 39.6 Å². The van der Waals surface area contributed by atoms with Crippen LogP contribution in [0.15, 0.2) is 83.1 Å². The number of pyridine rings is 1. The van der Waals surface area contributed by atoms with Crippen molar-refractivity contribution in [3.8, 4) is 5.69 Å². The maximum Gasteiger partial charge on any atom is 0.230 e. The number of amides is 1. The van der Waals surface area contributed by atoms with Crippen molar-refractivity contribution in [1.82, 2.24) is 25.1 Å². The Morgan fingerprint density at radius 2 is 1.79 bits per heavy atom. The molecule has 0 bridgehead atoms. The summed E-state index contributed by atoms with van der Waals surface area (Å²) >= 11 is 2.97. The third-order valence-electron chi connectivity index (χ3n) is 5.06. The summed E-state index contributed by atoms with van der Waals surface area (Å²) in [6.07, 6.45) is 2.20. The van der Waals surface area contributed by atoms with Gasteiger partial charge in [0.05, 0.1) is 10.8 Å². The van der Waals surface area contributed by atoms with Crippen LogP contribution in [-0.4, -0.2) is 38.0 Å². The second-order valence-corrected chi connectivity index (χ2v) is 9.42. The summed E-state index contributed by atoms with van der Waals surface area (Å²) in [6, 6.07) is 20.1. The minimum atomic E-state index is -0.301. The molecule has 0 saturated carbocycles. The molecule has 0 radical (unpaired) electrons. The van der Waals surface area contributed by atoms with Crippen molar-refractivity contribution < 1.29 is 9.18 Å². The summed E-state index contributed by atoms with van der Waals surface area (Å²) in [6.45, 7) is 2.50. The van der Waals surface area contributed by atoms with Gasteiger partial charge in [0.1, 0.15) is 11.6 Å². The maximum absolute atomic E-state index is 13.5. The van der Waals surface area contributed by atoms with E-state index in [1.165, 1.54) is 35.0 Å². The molecule has 0 aliphatic rings. The highest BCUT2D eigenvalue weighted by Gasteiger charge is 2.15. The summed E-state index contributed by atoms with van der Waals surface area (Å²) in [5.74, 6) is 1.37. The first kappa shape index (κ1) is 24.0. The Labute approximate surface area is 206 Å². The Bertz CT molecular complexity index is 1230. The van der Waals surface area contributed by atoms with Gasteiger partial charge in [-0.3, -0.25) is 9.36 Å². The van der Waals surface area contributed by atoms with Crippen molar-refractivity contribution >= 4 is 29.4 Å². The number of thioether (sulfide) groups is 2. The third-order valence-corrected chi connectivity index (χ3v) is 6.98. The highest BCUT2D eigenvalue weighted by molar-refractivity contribution is 7.99. The van der Waals surface area contributed by atoms with Crippen molar-refractivity contribution in [1.29, 1.82) is 0 Å². The lowest BCUT2D eigenvalue weighted by Crippen LogP contribution is -2.28. The molecule has 0 spiro atoms. The quantitative estimate of drug-likeness (QED) is 0.318. The van der Waals surface area contributed by atoms with Crippen LogP contribution in [0.2, 0.25) is 0 Å². The van der Waals surface area contributed by atoms with E-state index in [1.807, 2.05) is 34.9 Å². The van der Waals surface area contributed by atoms with E-state index in [0.29, 0.717) is 24.5 Å². The second kappa shape index (κ2) is 11.8. The van der Waals surface area contributed by atoms with Crippen LogP contribution in [0.5, 0.6) is 0 Å². The molecule has 6 nitrogen and oxygen atoms in total. The largest absolute Gasteiger partial charge is 0.355 e. The van der Waals surface area contributed by atoms with Crippen LogP contribution in [0.1, 0.15) is 17.0 Å². The lowest BCUT2D eigenvalue weighted by molar-refractivity contribution is -0.118. The minimum absolute atomic E-state index is 0.0716. The van der Waals surface area contributed by atoms with Crippen LogP contribution < -0.4 is 5.32 Å². The number of carbonyl (C=O) groups excluding carboxylic acids is 1. The zero-order valence-electron chi connectivity index (χ0n) is 18.6.